The SMILES string of the molecule is O=C(Nc1ccc(F)c(F)c1)c1cc(S(=O)(=O)N2CCc3ccccc32)ccc1F. The van der Waals surface area contributed by atoms with Crippen LogP contribution in [0.4, 0.5) is 24.5 Å². The van der Waals surface area contributed by atoms with Crippen LogP contribution in [0.3, 0.4) is 0 Å². The molecule has 30 heavy (non-hydrogen) atoms. The number of amides is 1. The summed E-state index contributed by atoms with van der Waals surface area (Å²) in [6.45, 7) is 0.232. The molecular formula is C21H15F3N2O3S. The molecule has 0 radical (unpaired) electrons. The van der Waals surface area contributed by atoms with Crippen molar-refractivity contribution < 1.29 is 26.4 Å². The van der Waals surface area contributed by atoms with Crippen LogP contribution < -0.4 is 9.62 Å². The van der Waals surface area contributed by atoms with Crippen LogP contribution in [0.1, 0.15) is 15.9 Å². The number of halogens is 3. The van der Waals surface area contributed by atoms with Gasteiger partial charge >= 0.3 is 0 Å². The zero-order valence-corrected chi connectivity index (χ0v) is 16.2. The second-order valence-corrected chi connectivity index (χ2v) is 8.54. The van der Waals surface area contributed by atoms with E-state index in [0.717, 1.165) is 42.0 Å². The topological polar surface area (TPSA) is 66.5 Å². The molecule has 1 heterocycles. The Bertz CT molecular complexity index is 1260. The highest BCUT2D eigenvalue weighted by Crippen LogP contribution is 2.33. The maximum absolute atomic E-state index is 14.3. The number of carbonyl (C=O) groups is 1. The van der Waals surface area contributed by atoms with E-state index in [1.165, 1.54) is 4.31 Å². The number of para-hydroxylation sites is 1. The highest BCUT2D eigenvalue weighted by atomic mass is 32.2. The van der Waals surface area contributed by atoms with Crippen molar-refractivity contribution in [2.24, 2.45) is 0 Å². The van der Waals surface area contributed by atoms with Crippen LogP contribution in [0.15, 0.2) is 65.6 Å². The molecule has 1 N–H and O–H groups in total. The number of sulfonamides is 1. The lowest BCUT2D eigenvalue weighted by atomic mass is 10.2. The van der Waals surface area contributed by atoms with Gasteiger partial charge in [0.2, 0.25) is 0 Å². The Morgan fingerprint density at radius 1 is 0.900 bits per heavy atom. The number of fused-ring (bicyclic) bond motifs is 1. The number of hydrogen-bond acceptors (Lipinski definition) is 3. The molecule has 0 bridgehead atoms. The molecule has 0 aliphatic carbocycles. The van der Waals surface area contributed by atoms with E-state index in [-0.39, 0.29) is 17.1 Å². The summed E-state index contributed by atoms with van der Waals surface area (Å²) in [7, 11) is -4.03. The number of nitrogens with one attached hydrogen (secondary N) is 1. The van der Waals surface area contributed by atoms with Crippen LogP contribution >= 0.6 is 0 Å². The monoisotopic (exact) mass is 432 g/mol. The third-order valence-corrected chi connectivity index (χ3v) is 6.60. The first-order valence-corrected chi connectivity index (χ1v) is 10.4. The number of anilines is 2. The molecule has 0 saturated heterocycles. The molecule has 1 amide bonds. The van der Waals surface area contributed by atoms with Gasteiger partial charge in [0.15, 0.2) is 11.6 Å². The molecule has 3 aromatic carbocycles. The van der Waals surface area contributed by atoms with Gasteiger partial charge < -0.3 is 5.32 Å². The van der Waals surface area contributed by atoms with Crippen molar-refractivity contribution in [2.75, 3.05) is 16.2 Å². The number of benzene rings is 3. The van der Waals surface area contributed by atoms with Crippen molar-refractivity contribution in [3.63, 3.8) is 0 Å². The van der Waals surface area contributed by atoms with E-state index in [9.17, 15) is 26.4 Å². The normalized spacial score (nSPS) is 13.2. The van der Waals surface area contributed by atoms with Crippen LogP contribution in [0.2, 0.25) is 0 Å². The Kier molecular flexibility index (Phi) is 4.98. The van der Waals surface area contributed by atoms with Crippen LogP contribution in [0.5, 0.6) is 0 Å². The van der Waals surface area contributed by atoms with Crippen molar-refractivity contribution in [1.29, 1.82) is 0 Å². The summed E-state index contributed by atoms with van der Waals surface area (Å²) in [6.07, 6.45) is 0.542. The maximum Gasteiger partial charge on any atom is 0.264 e. The molecule has 9 heteroatoms. The Labute approximate surface area is 170 Å². The van der Waals surface area contributed by atoms with Crippen molar-refractivity contribution in [1.82, 2.24) is 0 Å². The molecule has 0 fully saturated rings. The fourth-order valence-corrected chi connectivity index (χ4v) is 4.83. The molecule has 0 atom stereocenters. The second kappa shape index (κ2) is 7.49. The first kappa shape index (κ1) is 20.0. The van der Waals surface area contributed by atoms with Crippen molar-refractivity contribution in [3.05, 3.63) is 89.2 Å². The van der Waals surface area contributed by atoms with Gasteiger partial charge in [-0.15, -0.1) is 0 Å². The highest BCUT2D eigenvalue weighted by molar-refractivity contribution is 7.92. The summed E-state index contributed by atoms with van der Waals surface area (Å²) in [6, 6.07) is 12.6. The lowest BCUT2D eigenvalue weighted by molar-refractivity contribution is 0.102. The first-order valence-electron chi connectivity index (χ1n) is 8.94. The molecule has 1 aliphatic rings. The lowest BCUT2D eigenvalue weighted by Crippen LogP contribution is -2.29. The average Bonchev–Trinajstić information content (AvgIpc) is 3.16. The van der Waals surface area contributed by atoms with Gasteiger partial charge in [-0.05, 0) is 48.4 Å². The fourth-order valence-electron chi connectivity index (χ4n) is 3.30. The van der Waals surface area contributed by atoms with Gasteiger partial charge in [-0.3, -0.25) is 9.10 Å². The molecule has 4 rings (SSSR count). The summed E-state index contributed by atoms with van der Waals surface area (Å²) in [5.41, 5.74) is 0.780. The maximum atomic E-state index is 14.3. The zero-order chi connectivity index (χ0) is 21.5. The number of nitrogens with zero attached hydrogens (tertiary/aromatic N) is 1. The van der Waals surface area contributed by atoms with Gasteiger partial charge in [-0.25, -0.2) is 21.6 Å². The molecule has 0 spiro atoms. The summed E-state index contributed by atoms with van der Waals surface area (Å²) in [4.78, 5) is 12.2. The smallest absolute Gasteiger partial charge is 0.264 e. The van der Waals surface area contributed by atoms with E-state index in [4.69, 9.17) is 0 Å². The third kappa shape index (κ3) is 3.52. The minimum absolute atomic E-state index is 0.0972. The predicted octanol–water partition coefficient (Wildman–Crippen LogP) is 4.11. The Hall–Kier alpha value is -3.33. The summed E-state index contributed by atoms with van der Waals surface area (Å²) < 4.78 is 68.1. The minimum atomic E-state index is -4.03. The second-order valence-electron chi connectivity index (χ2n) is 6.68. The first-order chi connectivity index (χ1) is 14.3. The minimum Gasteiger partial charge on any atom is -0.322 e. The Morgan fingerprint density at radius 3 is 2.40 bits per heavy atom. The quantitative estimate of drug-likeness (QED) is 0.675. The third-order valence-electron chi connectivity index (χ3n) is 4.79. The molecule has 154 valence electrons. The summed E-state index contributed by atoms with van der Waals surface area (Å²) in [5, 5.41) is 2.24. The predicted molar refractivity (Wildman–Crippen MR) is 105 cm³/mol. The van der Waals surface area contributed by atoms with E-state index >= 15 is 0 Å². The van der Waals surface area contributed by atoms with E-state index < -0.39 is 38.9 Å². The Morgan fingerprint density at radius 2 is 1.63 bits per heavy atom. The molecule has 0 unspecified atom stereocenters. The van der Waals surface area contributed by atoms with Gasteiger partial charge in [0.1, 0.15) is 5.82 Å². The van der Waals surface area contributed by atoms with Crippen molar-refractivity contribution in [2.45, 2.75) is 11.3 Å². The standard InChI is InChI=1S/C21H15F3N2O3S/c22-17-8-6-15(30(28,29)26-10-9-13-3-1-2-4-20(13)26)12-16(17)21(27)25-14-5-7-18(23)19(24)11-14/h1-8,11-12H,9-10H2,(H,25,27). The lowest BCUT2D eigenvalue weighted by Gasteiger charge is -2.20. The van der Waals surface area contributed by atoms with E-state index in [0.29, 0.717) is 12.1 Å². The number of hydrogen-bond donors (Lipinski definition) is 1. The van der Waals surface area contributed by atoms with E-state index in [2.05, 4.69) is 5.32 Å². The summed E-state index contributed by atoms with van der Waals surface area (Å²) >= 11 is 0. The molecular weight excluding hydrogens is 417 g/mol. The summed E-state index contributed by atoms with van der Waals surface area (Å²) in [5.74, 6) is -4.22. The van der Waals surface area contributed by atoms with Gasteiger partial charge in [0.05, 0.1) is 16.1 Å². The molecule has 0 saturated carbocycles. The zero-order valence-electron chi connectivity index (χ0n) is 15.4. The number of carbonyl (C=O) groups excluding carboxylic acids is 1. The molecule has 1 aliphatic heterocycles. The molecule has 5 nitrogen and oxygen atoms in total. The fraction of sp³-hybridized carbons (Fsp3) is 0.0952. The van der Waals surface area contributed by atoms with Crippen LogP contribution in [-0.2, 0) is 16.4 Å². The molecule has 3 aromatic rings. The number of rotatable bonds is 4. The van der Waals surface area contributed by atoms with Crippen molar-refractivity contribution in [3.8, 4) is 0 Å². The van der Waals surface area contributed by atoms with Crippen LogP contribution in [-0.4, -0.2) is 20.9 Å². The van der Waals surface area contributed by atoms with Crippen molar-refractivity contribution >= 4 is 27.3 Å². The molecule has 0 aromatic heterocycles. The van der Waals surface area contributed by atoms with Crippen LogP contribution in [0, 0.1) is 17.5 Å². The highest BCUT2D eigenvalue weighted by Gasteiger charge is 2.31. The van der Waals surface area contributed by atoms with Gasteiger partial charge in [-0.1, -0.05) is 18.2 Å². The van der Waals surface area contributed by atoms with E-state index in [1.807, 2.05) is 12.1 Å². The average molecular weight is 432 g/mol. The van der Waals surface area contributed by atoms with E-state index in [1.54, 1.807) is 12.1 Å². The van der Waals surface area contributed by atoms with Gasteiger partial charge in [-0.2, -0.15) is 0 Å². The van der Waals surface area contributed by atoms with Gasteiger partial charge in [0.25, 0.3) is 15.9 Å². The van der Waals surface area contributed by atoms with Crippen LogP contribution in [0.25, 0.3) is 0 Å². The largest absolute Gasteiger partial charge is 0.322 e. The van der Waals surface area contributed by atoms with Gasteiger partial charge in [0, 0.05) is 18.3 Å². The Balaban J connectivity index is 1.66.